The number of carbonyl (C=O) groups is 1. The lowest BCUT2D eigenvalue weighted by Crippen LogP contribution is -2.27. The lowest BCUT2D eigenvalue weighted by molar-refractivity contribution is 0.0927. The normalized spacial score (nSPS) is 12.2. The van der Waals surface area contributed by atoms with Crippen LogP contribution in [0.1, 0.15) is 29.2 Å². The third-order valence-electron chi connectivity index (χ3n) is 4.15. The Morgan fingerprint density at radius 2 is 1.88 bits per heavy atom. The van der Waals surface area contributed by atoms with E-state index >= 15 is 0 Å². The number of carbonyl (C=O) groups excluding carboxylic acids is 1. The number of rotatable bonds is 4. The maximum atomic E-state index is 12.5. The van der Waals surface area contributed by atoms with Gasteiger partial charge in [-0.15, -0.1) is 0 Å². The first-order valence-electron chi connectivity index (χ1n) is 8.25. The molecule has 6 heteroatoms. The van der Waals surface area contributed by atoms with Gasteiger partial charge in [0.05, 0.1) is 17.9 Å². The topological polar surface area (TPSA) is 80.3 Å². The van der Waals surface area contributed by atoms with Crippen LogP contribution in [0.4, 0.5) is 0 Å². The lowest BCUT2D eigenvalue weighted by Gasteiger charge is -2.10. The number of hydrogen-bond donors (Lipinski definition) is 2. The summed E-state index contributed by atoms with van der Waals surface area (Å²) in [5, 5.41) is 18.1. The molecule has 0 radical (unpaired) electrons. The van der Waals surface area contributed by atoms with Crippen LogP contribution >= 0.6 is 0 Å². The van der Waals surface area contributed by atoms with Crippen molar-refractivity contribution < 1.29 is 14.3 Å². The Morgan fingerprint density at radius 1 is 1.15 bits per heavy atom. The van der Waals surface area contributed by atoms with Gasteiger partial charge in [-0.1, -0.05) is 36.4 Å². The predicted octanol–water partition coefficient (Wildman–Crippen LogP) is 3.82. The third kappa shape index (κ3) is 2.93. The van der Waals surface area contributed by atoms with Crippen molar-refractivity contribution in [3.05, 3.63) is 78.3 Å². The SMILES string of the molecule is CC(NC(=O)c1nn(-c2ccccc2)cc1O)c1cc2ccccc2o1. The minimum Gasteiger partial charge on any atom is -0.504 e. The van der Waals surface area contributed by atoms with Crippen molar-refractivity contribution in [3.8, 4) is 11.4 Å². The van der Waals surface area contributed by atoms with E-state index in [-0.39, 0.29) is 17.5 Å². The van der Waals surface area contributed by atoms with Crippen LogP contribution < -0.4 is 5.32 Å². The number of fused-ring (bicyclic) bond motifs is 1. The molecule has 4 aromatic rings. The molecule has 0 aliphatic rings. The van der Waals surface area contributed by atoms with E-state index in [0.29, 0.717) is 5.76 Å². The van der Waals surface area contributed by atoms with Crippen molar-refractivity contribution in [2.24, 2.45) is 0 Å². The molecule has 0 bridgehead atoms. The first-order valence-corrected chi connectivity index (χ1v) is 8.25. The van der Waals surface area contributed by atoms with Crippen LogP contribution in [-0.2, 0) is 0 Å². The fraction of sp³-hybridized carbons (Fsp3) is 0.100. The van der Waals surface area contributed by atoms with Gasteiger partial charge in [0.15, 0.2) is 11.4 Å². The van der Waals surface area contributed by atoms with E-state index in [9.17, 15) is 9.90 Å². The van der Waals surface area contributed by atoms with Crippen LogP contribution in [-0.4, -0.2) is 20.8 Å². The van der Waals surface area contributed by atoms with Crippen molar-refractivity contribution in [1.29, 1.82) is 0 Å². The van der Waals surface area contributed by atoms with Crippen molar-refractivity contribution in [2.45, 2.75) is 13.0 Å². The molecule has 0 aliphatic carbocycles. The Morgan fingerprint density at radius 3 is 2.65 bits per heavy atom. The molecule has 0 fully saturated rings. The fourth-order valence-corrected chi connectivity index (χ4v) is 2.79. The van der Waals surface area contributed by atoms with Gasteiger partial charge < -0.3 is 14.8 Å². The minimum atomic E-state index is -0.467. The van der Waals surface area contributed by atoms with Gasteiger partial charge in [0, 0.05) is 5.39 Å². The summed E-state index contributed by atoms with van der Waals surface area (Å²) in [5.41, 5.74) is 1.49. The van der Waals surface area contributed by atoms with Crippen LogP contribution in [0, 0.1) is 0 Å². The zero-order chi connectivity index (χ0) is 18.1. The van der Waals surface area contributed by atoms with Crippen LogP contribution in [0.25, 0.3) is 16.7 Å². The molecule has 2 aromatic heterocycles. The Balaban J connectivity index is 1.55. The summed E-state index contributed by atoms with van der Waals surface area (Å²) in [6.07, 6.45) is 1.41. The maximum Gasteiger partial charge on any atom is 0.276 e. The summed E-state index contributed by atoms with van der Waals surface area (Å²) >= 11 is 0. The van der Waals surface area contributed by atoms with Crippen molar-refractivity contribution >= 4 is 16.9 Å². The third-order valence-corrected chi connectivity index (χ3v) is 4.15. The highest BCUT2D eigenvalue weighted by Gasteiger charge is 2.21. The molecule has 1 amide bonds. The molecule has 2 heterocycles. The van der Waals surface area contributed by atoms with E-state index < -0.39 is 5.91 Å². The molecular formula is C20H17N3O3. The van der Waals surface area contributed by atoms with Gasteiger partial charge in [-0.05, 0) is 31.2 Å². The minimum absolute atomic E-state index is 0.0307. The summed E-state index contributed by atoms with van der Waals surface area (Å²) in [5.74, 6) is -0.00479. The maximum absolute atomic E-state index is 12.5. The highest BCUT2D eigenvalue weighted by Crippen LogP contribution is 2.24. The highest BCUT2D eigenvalue weighted by atomic mass is 16.3. The zero-order valence-electron chi connectivity index (χ0n) is 14.1. The first kappa shape index (κ1) is 16.0. The molecule has 1 atom stereocenters. The van der Waals surface area contributed by atoms with E-state index in [1.165, 1.54) is 10.9 Å². The fourth-order valence-electron chi connectivity index (χ4n) is 2.79. The Hall–Kier alpha value is -3.54. The van der Waals surface area contributed by atoms with E-state index in [2.05, 4.69) is 10.4 Å². The summed E-state index contributed by atoms with van der Waals surface area (Å²) in [4.78, 5) is 12.5. The van der Waals surface area contributed by atoms with E-state index in [1.807, 2.05) is 67.6 Å². The second-order valence-corrected chi connectivity index (χ2v) is 6.02. The number of benzene rings is 2. The second-order valence-electron chi connectivity index (χ2n) is 6.02. The summed E-state index contributed by atoms with van der Waals surface area (Å²) < 4.78 is 7.24. The number of aromatic nitrogens is 2. The van der Waals surface area contributed by atoms with Crippen LogP contribution in [0.3, 0.4) is 0 Å². The van der Waals surface area contributed by atoms with E-state index in [4.69, 9.17) is 4.42 Å². The second kappa shape index (κ2) is 6.40. The van der Waals surface area contributed by atoms with Gasteiger partial charge in [0.1, 0.15) is 11.3 Å². The van der Waals surface area contributed by atoms with Crippen molar-refractivity contribution in [3.63, 3.8) is 0 Å². The number of aromatic hydroxyl groups is 1. The average Bonchev–Trinajstić information content (AvgIpc) is 3.26. The molecule has 1 unspecified atom stereocenters. The first-order chi connectivity index (χ1) is 12.6. The molecule has 0 saturated carbocycles. The number of nitrogens with zero attached hydrogens (tertiary/aromatic N) is 2. The van der Waals surface area contributed by atoms with Gasteiger partial charge in [0.2, 0.25) is 0 Å². The number of furan rings is 1. The monoisotopic (exact) mass is 347 g/mol. The summed E-state index contributed by atoms with van der Waals surface area (Å²) in [6.45, 7) is 1.82. The predicted molar refractivity (Wildman–Crippen MR) is 97.3 cm³/mol. The van der Waals surface area contributed by atoms with Gasteiger partial charge in [-0.3, -0.25) is 4.79 Å². The molecule has 2 aromatic carbocycles. The quantitative estimate of drug-likeness (QED) is 0.588. The molecule has 0 aliphatic heterocycles. The Labute approximate surface area is 149 Å². The smallest absolute Gasteiger partial charge is 0.276 e. The highest BCUT2D eigenvalue weighted by molar-refractivity contribution is 5.95. The van der Waals surface area contributed by atoms with Crippen LogP contribution in [0.2, 0.25) is 0 Å². The zero-order valence-corrected chi connectivity index (χ0v) is 14.1. The number of nitrogens with one attached hydrogen (secondary N) is 1. The molecule has 26 heavy (non-hydrogen) atoms. The molecule has 130 valence electrons. The summed E-state index contributed by atoms with van der Waals surface area (Å²) in [7, 11) is 0. The van der Waals surface area contributed by atoms with E-state index in [0.717, 1.165) is 16.7 Å². The summed E-state index contributed by atoms with van der Waals surface area (Å²) in [6, 6.07) is 18.5. The molecular weight excluding hydrogens is 330 g/mol. The van der Waals surface area contributed by atoms with Crippen LogP contribution in [0.15, 0.2) is 71.3 Å². The standard InChI is InChI=1S/C20H17N3O3/c1-13(18-11-14-7-5-6-10-17(14)26-18)21-20(25)19-16(24)12-23(22-19)15-8-3-2-4-9-15/h2-13,24H,1H3,(H,21,25). The van der Waals surface area contributed by atoms with Crippen molar-refractivity contribution in [2.75, 3.05) is 0 Å². The van der Waals surface area contributed by atoms with Gasteiger partial charge >= 0.3 is 0 Å². The van der Waals surface area contributed by atoms with Crippen molar-refractivity contribution in [1.82, 2.24) is 15.1 Å². The van der Waals surface area contributed by atoms with Gasteiger partial charge in [0.25, 0.3) is 5.91 Å². The largest absolute Gasteiger partial charge is 0.504 e. The molecule has 4 rings (SSSR count). The number of para-hydroxylation sites is 2. The van der Waals surface area contributed by atoms with Gasteiger partial charge in [-0.25, -0.2) is 4.68 Å². The average molecular weight is 347 g/mol. The van der Waals surface area contributed by atoms with Gasteiger partial charge in [-0.2, -0.15) is 5.10 Å². The molecule has 6 nitrogen and oxygen atoms in total. The number of hydrogen-bond acceptors (Lipinski definition) is 4. The molecule has 0 saturated heterocycles. The molecule has 0 spiro atoms. The molecule has 2 N–H and O–H groups in total. The number of amides is 1. The Kier molecular flexibility index (Phi) is 3.93. The van der Waals surface area contributed by atoms with E-state index in [1.54, 1.807) is 0 Å². The Bertz CT molecular complexity index is 1030. The van der Waals surface area contributed by atoms with Crippen LogP contribution in [0.5, 0.6) is 5.75 Å². The lowest BCUT2D eigenvalue weighted by atomic mass is 10.2.